The van der Waals surface area contributed by atoms with E-state index in [1.165, 1.54) is 6.33 Å². The van der Waals surface area contributed by atoms with Gasteiger partial charge in [0.15, 0.2) is 0 Å². The second-order valence-corrected chi connectivity index (χ2v) is 4.09. The standard InChI is InChI=1S/C10H15N3O2/c14-10(15)5-8-3-1-2-4-9(8)13-7-11-6-12-13/h6-9H,1-5H2,(H,14,15). The zero-order valence-electron chi connectivity index (χ0n) is 8.54. The van der Waals surface area contributed by atoms with Gasteiger partial charge in [0, 0.05) is 0 Å². The van der Waals surface area contributed by atoms with E-state index in [4.69, 9.17) is 5.11 Å². The van der Waals surface area contributed by atoms with Gasteiger partial charge in [-0.25, -0.2) is 9.67 Å². The van der Waals surface area contributed by atoms with Crippen LogP contribution in [0.4, 0.5) is 0 Å². The minimum Gasteiger partial charge on any atom is -0.481 e. The maximum absolute atomic E-state index is 10.7. The van der Waals surface area contributed by atoms with E-state index < -0.39 is 5.97 Å². The van der Waals surface area contributed by atoms with Gasteiger partial charge >= 0.3 is 5.97 Å². The molecule has 15 heavy (non-hydrogen) atoms. The second-order valence-electron chi connectivity index (χ2n) is 4.09. The van der Waals surface area contributed by atoms with E-state index in [2.05, 4.69) is 10.1 Å². The third-order valence-electron chi connectivity index (χ3n) is 3.08. The van der Waals surface area contributed by atoms with Gasteiger partial charge in [0.25, 0.3) is 0 Å². The molecule has 1 N–H and O–H groups in total. The predicted octanol–water partition coefficient (Wildman–Crippen LogP) is 1.48. The van der Waals surface area contributed by atoms with Gasteiger partial charge in [-0.05, 0) is 18.8 Å². The Morgan fingerprint density at radius 2 is 2.27 bits per heavy atom. The molecule has 0 bridgehead atoms. The third kappa shape index (κ3) is 2.34. The van der Waals surface area contributed by atoms with Crippen molar-refractivity contribution in [1.29, 1.82) is 0 Å². The Hall–Kier alpha value is -1.39. The molecule has 0 radical (unpaired) electrons. The number of carboxylic acids is 1. The van der Waals surface area contributed by atoms with Crippen LogP contribution in [0.2, 0.25) is 0 Å². The van der Waals surface area contributed by atoms with Crippen molar-refractivity contribution >= 4 is 5.97 Å². The quantitative estimate of drug-likeness (QED) is 0.818. The van der Waals surface area contributed by atoms with Crippen LogP contribution >= 0.6 is 0 Å². The highest BCUT2D eigenvalue weighted by Gasteiger charge is 2.28. The van der Waals surface area contributed by atoms with E-state index in [9.17, 15) is 4.79 Å². The molecule has 1 aromatic rings. The van der Waals surface area contributed by atoms with E-state index in [-0.39, 0.29) is 18.4 Å². The number of aromatic nitrogens is 3. The highest BCUT2D eigenvalue weighted by molar-refractivity contribution is 5.67. The van der Waals surface area contributed by atoms with Gasteiger partial charge in [-0.15, -0.1) is 0 Å². The molecule has 5 heteroatoms. The van der Waals surface area contributed by atoms with E-state index >= 15 is 0 Å². The monoisotopic (exact) mass is 209 g/mol. The van der Waals surface area contributed by atoms with Crippen molar-refractivity contribution in [3.05, 3.63) is 12.7 Å². The minimum atomic E-state index is -0.716. The van der Waals surface area contributed by atoms with Crippen LogP contribution in [-0.2, 0) is 4.79 Å². The summed E-state index contributed by atoms with van der Waals surface area (Å²) >= 11 is 0. The molecule has 82 valence electrons. The SMILES string of the molecule is O=C(O)CC1CCCCC1n1cncn1. The van der Waals surface area contributed by atoms with Gasteiger partial charge in [0.1, 0.15) is 12.7 Å². The average Bonchev–Trinajstić information content (AvgIpc) is 2.70. The lowest BCUT2D eigenvalue weighted by Gasteiger charge is -2.30. The van der Waals surface area contributed by atoms with Gasteiger partial charge in [-0.1, -0.05) is 12.8 Å². The van der Waals surface area contributed by atoms with Crippen molar-refractivity contribution in [1.82, 2.24) is 14.8 Å². The summed E-state index contributed by atoms with van der Waals surface area (Å²) in [4.78, 5) is 14.7. The van der Waals surface area contributed by atoms with Crippen molar-refractivity contribution in [2.75, 3.05) is 0 Å². The molecule has 0 aliphatic heterocycles. The smallest absolute Gasteiger partial charge is 0.303 e. The molecule has 0 spiro atoms. The van der Waals surface area contributed by atoms with E-state index in [1.807, 2.05) is 4.68 Å². The van der Waals surface area contributed by atoms with Crippen LogP contribution in [0, 0.1) is 5.92 Å². The van der Waals surface area contributed by atoms with Gasteiger partial charge in [-0.2, -0.15) is 5.10 Å². The van der Waals surface area contributed by atoms with E-state index in [1.54, 1.807) is 6.33 Å². The van der Waals surface area contributed by atoms with E-state index in [0.717, 1.165) is 25.7 Å². The first-order valence-corrected chi connectivity index (χ1v) is 5.33. The van der Waals surface area contributed by atoms with Crippen molar-refractivity contribution in [3.63, 3.8) is 0 Å². The van der Waals surface area contributed by atoms with Crippen molar-refractivity contribution in [2.24, 2.45) is 5.92 Å². The van der Waals surface area contributed by atoms with Gasteiger partial charge in [0.05, 0.1) is 12.5 Å². The Bertz CT molecular complexity index is 323. The first-order chi connectivity index (χ1) is 7.27. The van der Waals surface area contributed by atoms with Crippen LogP contribution in [0.5, 0.6) is 0 Å². The molecule has 1 heterocycles. The molecule has 1 aliphatic rings. The highest BCUT2D eigenvalue weighted by Crippen LogP contribution is 2.35. The molecule has 1 fully saturated rings. The van der Waals surface area contributed by atoms with Crippen molar-refractivity contribution in [3.8, 4) is 0 Å². The van der Waals surface area contributed by atoms with Crippen LogP contribution in [0.3, 0.4) is 0 Å². The van der Waals surface area contributed by atoms with Crippen LogP contribution in [-0.4, -0.2) is 25.8 Å². The topological polar surface area (TPSA) is 68.0 Å². The first kappa shape index (κ1) is 10.1. The summed E-state index contributed by atoms with van der Waals surface area (Å²) in [5, 5.41) is 12.9. The molecule has 2 rings (SSSR count). The second kappa shape index (κ2) is 4.42. The fraction of sp³-hybridized carbons (Fsp3) is 0.700. The molecule has 1 saturated carbocycles. The molecule has 2 atom stereocenters. The maximum Gasteiger partial charge on any atom is 0.303 e. The Kier molecular flexibility index (Phi) is 2.99. The molecule has 0 saturated heterocycles. The Balaban J connectivity index is 2.09. The van der Waals surface area contributed by atoms with Crippen LogP contribution in [0.25, 0.3) is 0 Å². The molecule has 0 amide bonds. The Morgan fingerprint density at radius 1 is 1.47 bits per heavy atom. The first-order valence-electron chi connectivity index (χ1n) is 5.33. The van der Waals surface area contributed by atoms with Crippen molar-refractivity contribution in [2.45, 2.75) is 38.1 Å². The summed E-state index contributed by atoms with van der Waals surface area (Å²) in [6.45, 7) is 0. The zero-order chi connectivity index (χ0) is 10.7. The predicted molar refractivity (Wildman–Crippen MR) is 53.3 cm³/mol. The number of hydrogen-bond acceptors (Lipinski definition) is 3. The van der Waals surface area contributed by atoms with Crippen molar-refractivity contribution < 1.29 is 9.90 Å². The normalized spacial score (nSPS) is 26.4. The zero-order valence-corrected chi connectivity index (χ0v) is 8.54. The minimum absolute atomic E-state index is 0.206. The third-order valence-corrected chi connectivity index (χ3v) is 3.08. The van der Waals surface area contributed by atoms with Gasteiger partial charge in [-0.3, -0.25) is 4.79 Å². The summed E-state index contributed by atoms with van der Waals surface area (Å²) < 4.78 is 1.81. The number of aliphatic carboxylic acids is 1. The van der Waals surface area contributed by atoms with Crippen LogP contribution in [0.1, 0.15) is 38.1 Å². The average molecular weight is 209 g/mol. The molecule has 1 aromatic heterocycles. The molecule has 0 aromatic carbocycles. The molecule has 1 aliphatic carbocycles. The van der Waals surface area contributed by atoms with Gasteiger partial charge in [0.2, 0.25) is 0 Å². The summed E-state index contributed by atoms with van der Waals surface area (Å²) in [5.41, 5.74) is 0. The van der Waals surface area contributed by atoms with Crippen LogP contribution < -0.4 is 0 Å². The lowest BCUT2D eigenvalue weighted by atomic mass is 9.82. The fourth-order valence-corrected chi connectivity index (χ4v) is 2.39. The summed E-state index contributed by atoms with van der Waals surface area (Å²) in [7, 11) is 0. The number of carbonyl (C=O) groups is 1. The Morgan fingerprint density at radius 3 is 2.93 bits per heavy atom. The summed E-state index contributed by atoms with van der Waals surface area (Å²) in [5.74, 6) is -0.509. The summed E-state index contributed by atoms with van der Waals surface area (Å²) in [6, 6.07) is 0.220. The number of rotatable bonds is 3. The Labute approximate surface area is 88.1 Å². The number of hydrogen-bond donors (Lipinski definition) is 1. The fourth-order valence-electron chi connectivity index (χ4n) is 2.39. The molecule has 5 nitrogen and oxygen atoms in total. The molecular weight excluding hydrogens is 194 g/mol. The number of nitrogens with zero attached hydrogens (tertiary/aromatic N) is 3. The lowest BCUT2D eigenvalue weighted by Crippen LogP contribution is -2.25. The maximum atomic E-state index is 10.7. The largest absolute Gasteiger partial charge is 0.481 e. The molecular formula is C10H15N3O2. The summed E-state index contributed by atoms with van der Waals surface area (Å²) in [6.07, 6.45) is 7.71. The van der Waals surface area contributed by atoms with Crippen LogP contribution in [0.15, 0.2) is 12.7 Å². The lowest BCUT2D eigenvalue weighted by molar-refractivity contribution is -0.138. The van der Waals surface area contributed by atoms with Gasteiger partial charge < -0.3 is 5.11 Å². The molecule has 2 unspecified atom stereocenters. The van der Waals surface area contributed by atoms with E-state index in [0.29, 0.717) is 0 Å². The highest BCUT2D eigenvalue weighted by atomic mass is 16.4. The number of carboxylic acid groups (broad SMARTS) is 1.